The van der Waals surface area contributed by atoms with Crippen LogP contribution in [0.2, 0.25) is 0 Å². The second kappa shape index (κ2) is 6.03. The highest BCUT2D eigenvalue weighted by Crippen LogP contribution is 2.26. The largest absolute Gasteiger partial charge is 0.336 e. The molecule has 2 unspecified atom stereocenters. The number of hydrogen-bond donors (Lipinski definition) is 2. The third-order valence-electron chi connectivity index (χ3n) is 3.71. The van der Waals surface area contributed by atoms with Gasteiger partial charge in [0.05, 0.1) is 17.5 Å². The molecule has 6 nitrogen and oxygen atoms in total. The third kappa shape index (κ3) is 3.74. The van der Waals surface area contributed by atoms with Gasteiger partial charge in [-0.1, -0.05) is 12.1 Å². The van der Waals surface area contributed by atoms with Gasteiger partial charge in [-0.25, -0.2) is 8.42 Å². The molecule has 7 heteroatoms. The Labute approximate surface area is 125 Å². The first-order valence-corrected chi connectivity index (χ1v) is 8.79. The lowest BCUT2D eigenvalue weighted by Gasteiger charge is -2.23. The number of likely N-dealkylation sites (tertiary alicyclic amines) is 1. The number of anilines is 1. The van der Waals surface area contributed by atoms with E-state index in [-0.39, 0.29) is 11.9 Å². The Hall–Kier alpha value is -1.60. The van der Waals surface area contributed by atoms with E-state index in [9.17, 15) is 13.2 Å². The predicted molar refractivity (Wildman–Crippen MR) is 82.6 cm³/mol. The van der Waals surface area contributed by atoms with Crippen LogP contribution in [-0.2, 0) is 10.0 Å². The summed E-state index contributed by atoms with van der Waals surface area (Å²) < 4.78 is 25.2. The van der Waals surface area contributed by atoms with E-state index in [1.807, 2.05) is 6.92 Å². The summed E-state index contributed by atoms with van der Waals surface area (Å²) in [6.45, 7) is 3.15. The summed E-state index contributed by atoms with van der Waals surface area (Å²) in [5.74, 6) is 0.143. The average Bonchev–Trinajstić information content (AvgIpc) is 2.78. The molecule has 1 amide bonds. The van der Waals surface area contributed by atoms with Gasteiger partial charge in [-0.3, -0.25) is 9.52 Å². The Bertz CT molecular complexity index is 630. The Kier molecular flexibility index (Phi) is 4.53. The van der Waals surface area contributed by atoms with Crippen molar-refractivity contribution in [2.24, 2.45) is 11.7 Å². The van der Waals surface area contributed by atoms with E-state index in [1.165, 1.54) is 0 Å². The van der Waals surface area contributed by atoms with Crippen LogP contribution in [0.4, 0.5) is 5.69 Å². The highest BCUT2D eigenvalue weighted by atomic mass is 32.2. The van der Waals surface area contributed by atoms with Crippen molar-refractivity contribution in [2.45, 2.75) is 19.4 Å². The maximum absolute atomic E-state index is 12.7. The quantitative estimate of drug-likeness (QED) is 0.863. The van der Waals surface area contributed by atoms with Crippen molar-refractivity contribution in [1.82, 2.24) is 4.90 Å². The molecular weight excluding hydrogens is 290 g/mol. The minimum atomic E-state index is -3.43. The molecule has 1 fully saturated rings. The molecule has 0 aliphatic carbocycles. The van der Waals surface area contributed by atoms with Gasteiger partial charge in [0.1, 0.15) is 0 Å². The summed E-state index contributed by atoms with van der Waals surface area (Å²) in [4.78, 5) is 14.4. The lowest BCUT2D eigenvalue weighted by molar-refractivity contribution is 0.0744. The van der Waals surface area contributed by atoms with Gasteiger partial charge < -0.3 is 10.6 Å². The van der Waals surface area contributed by atoms with Gasteiger partial charge >= 0.3 is 0 Å². The molecule has 1 heterocycles. The molecular formula is C14H21N3O3S. The summed E-state index contributed by atoms with van der Waals surface area (Å²) >= 11 is 0. The van der Waals surface area contributed by atoms with Gasteiger partial charge in [0.25, 0.3) is 5.91 Å². The zero-order chi connectivity index (χ0) is 15.6. The fraction of sp³-hybridized carbons (Fsp3) is 0.500. The number of amides is 1. The lowest BCUT2D eigenvalue weighted by atomic mass is 10.1. The van der Waals surface area contributed by atoms with Crippen LogP contribution in [-0.4, -0.2) is 44.6 Å². The first-order chi connectivity index (χ1) is 9.81. The number of sulfonamides is 1. The Morgan fingerprint density at radius 2 is 2.10 bits per heavy atom. The summed E-state index contributed by atoms with van der Waals surface area (Å²) in [5, 5.41) is 0. The maximum atomic E-state index is 12.7. The van der Waals surface area contributed by atoms with Crippen molar-refractivity contribution in [3.63, 3.8) is 0 Å². The third-order valence-corrected chi connectivity index (χ3v) is 4.30. The van der Waals surface area contributed by atoms with Gasteiger partial charge in [0.15, 0.2) is 0 Å². The van der Waals surface area contributed by atoms with Gasteiger partial charge in [0, 0.05) is 12.6 Å². The van der Waals surface area contributed by atoms with Crippen molar-refractivity contribution < 1.29 is 13.2 Å². The number of nitrogens with one attached hydrogen (secondary N) is 1. The summed E-state index contributed by atoms with van der Waals surface area (Å²) in [7, 11) is -3.43. The molecule has 3 N–H and O–H groups in total. The normalized spacial score (nSPS) is 22.3. The van der Waals surface area contributed by atoms with Crippen molar-refractivity contribution in [2.75, 3.05) is 24.1 Å². The first kappa shape index (κ1) is 15.8. The number of nitrogens with two attached hydrogens (primary N) is 1. The van der Waals surface area contributed by atoms with Crippen molar-refractivity contribution in [1.29, 1.82) is 0 Å². The second-order valence-electron chi connectivity index (χ2n) is 5.56. The SMILES string of the molecule is CC1CC(CN)CN1C(=O)c1ccccc1NS(C)(=O)=O. The molecule has 2 atom stereocenters. The summed E-state index contributed by atoms with van der Waals surface area (Å²) in [6, 6.07) is 6.76. The van der Waals surface area contributed by atoms with Crippen molar-refractivity contribution in [3.8, 4) is 0 Å². The standard InChI is InChI=1S/C14H21N3O3S/c1-10-7-11(8-15)9-17(10)14(18)12-5-3-4-6-13(12)16-21(2,19)20/h3-6,10-11,16H,7-9,15H2,1-2H3. The molecule has 2 rings (SSSR count). The van der Waals surface area contributed by atoms with Crippen molar-refractivity contribution in [3.05, 3.63) is 29.8 Å². The number of carbonyl (C=O) groups excluding carboxylic acids is 1. The van der Waals surface area contributed by atoms with E-state index >= 15 is 0 Å². The van der Waals surface area contributed by atoms with E-state index in [1.54, 1.807) is 29.2 Å². The minimum absolute atomic E-state index is 0.109. The number of para-hydroxylation sites is 1. The molecule has 1 aliphatic heterocycles. The lowest BCUT2D eigenvalue weighted by Crippen LogP contribution is -2.35. The number of nitrogens with zero attached hydrogens (tertiary/aromatic N) is 1. The molecule has 0 saturated carbocycles. The highest BCUT2D eigenvalue weighted by molar-refractivity contribution is 7.92. The molecule has 116 valence electrons. The zero-order valence-corrected chi connectivity index (χ0v) is 13.1. The van der Waals surface area contributed by atoms with Crippen LogP contribution in [0.1, 0.15) is 23.7 Å². The molecule has 1 aromatic rings. The molecule has 21 heavy (non-hydrogen) atoms. The van der Waals surface area contributed by atoms with Crippen LogP contribution in [0.25, 0.3) is 0 Å². The number of carbonyl (C=O) groups is 1. The van der Waals surface area contributed by atoms with E-state index in [2.05, 4.69) is 4.72 Å². The molecule has 1 aliphatic rings. The van der Waals surface area contributed by atoms with Crippen LogP contribution in [0.5, 0.6) is 0 Å². The van der Waals surface area contributed by atoms with Gasteiger partial charge in [-0.15, -0.1) is 0 Å². The number of rotatable bonds is 4. The van der Waals surface area contributed by atoms with Gasteiger partial charge in [-0.05, 0) is 37.9 Å². The Morgan fingerprint density at radius 1 is 1.43 bits per heavy atom. The topological polar surface area (TPSA) is 92.5 Å². The first-order valence-electron chi connectivity index (χ1n) is 6.89. The van der Waals surface area contributed by atoms with Gasteiger partial charge in [-0.2, -0.15) is 0 Å². The zero-order valence-electron chi connectivity index (χ0n) is 12.2. The fourth-order valence-corrected chi connectivity index (χ4v) is 3.29. The molecule has 0 spiro atoms. The van der Waals surface area contributed by atoms with Crippen LogP contribution in [0.15, 0.2) is 24.3 Å². The average molecular weight is 311 g/mol. The van der Waals surface area contributed by atoms with Crippen LogP contribution in [0, 0.1) is 5.92 Å². The summed E-state index contributed by atoms with van der Waals surface area (Å²) in [6.07, 6.45) is 1.95. The molecule has 0 bridgehead atoms. The number of benzene rings is 1. The maximum Gasteiger partial charge on any atom is 0.256 e. The monoisotopic (exact) mass is 311 g/mol. The van der Waals surface area contributed by atoms with Crippen LogP contribution in [0.3, 0.4) is 0 Å². The fourth-order valence-electron chi connectivity index (χ4n) is 2.71. The Morgan fingerprint density at radius 3 is 2.67 bits per heavy atom. The van der Waals surface area contributed by atoms with E-state index in [4.69, 9.17) is 5.73 Å². The summed E-state index contributed by atoms with van der Waals surface area (Å²) in [5.41, 5.74) is 6.36. The molecule has 0 radical (unpaired) electrons. The van der Waals surface area contributed by atoms with Gasteiger partial charge in [0.2, 0.25) is 10.0 Å². The second-order valence-corrected chi connectivity index (χ2v) is 7.31. The van der Waals surface area contributed by atoms with Crippen LogP contribution >= 0.6 is 0 Å². The Balaban J connectivity index is 2.28. The van der Waals surface area contributed by atoms with E-state index < -0.39 is 10.0 Å². The molecule has 1 aromatic carbocycles. The van der Waals surface area contributed by atoms with Crippen LogP contribution < -0.4 is 10.5 Å². The van der Waals surface area contributed by atoms with E-state index in [0.29, 0.717) is 30.3 Å². The smallest absolute Gasteiger partial charge is 0.256 e. The predicted octanol–water partition coefficient (Wildman–Crippen LogP) is 0.867. The van der Waals surface area contributed by atoms with E-state index in [0.717, 1.165) is 12.7 Å². The number of hydrogen-bond acceptors (Lipinski definition) is 4. The minimum Gasteiger partial charge on any atom is -0.336 e. The molecule has 1 saturated heterocycles. The van der Waals surface area contributed by atoms with Crippen molar-refractivity contribution >= 4 is 21.6 Å². The highest BCUT2D eigenvalue weighted by Gasteiger charge is 2.33. The molecule has 0 aromatic heterocycles.